The van der Waals surface area contributed by atoms with Crippen molar-refractivity contribution in [2.45, 2.75) is 26.7 Å². The van der Waals surface area contributed by atoms with E-state index in [9.17, 15) is 0 Å². The van der Waals surface area contributed by atoms with Crippen molar-refractivity contribution in [1.29, 1.82) is 5.26 Å². The molecule has 1 aromatic carbocycles. The van der Waals surface area contributed by atoms with Gasteiger partial charge in [-0.1, -0.05) is 19.9 Å². The highest BCUT2D eigenvalue weighted by molar-refractivity contribution is 5.54. The second kappa shape index (κ2) is 4.17. The van der Waals surface area contributed by atoms with Gasteiger partial charge in [0.1, 0.15) is 0 Å². The van der Waals surface area contributed by atoms with Crippen LogP contribution in [-0.2, 0) is 0 Å². The molecule has 2 heteroatoms. The topological polar surface area (TPSA) is 27.0 Å². The van der Waals surface area contributed by atoms with Crippen LogP contribution in [0, 0.1) is 16.7 Å². The van der Waals surface area contributed by atoms with Crippen molar-refractivity contribution >= 4 is 5.69 Å². The number of nitrogens with zero attached hydrogens (tertiary/aromatic N) is 2. The fourth-order valence-electron chi connectivity index (χ4n) is 2.42. The van der Waals surface area contributed by atoms with Crippen molar-refractivity contribution in [2.75, 3.05) is 18.0 Å². The molecule has 84 valence electrons. The molecular formula is C14H18N2. The third-order valence-corrected chi connectivity index (χ3v) is 3.89. The maximum atomic E-state index is 8.86. The van der Waals surface area contributed by atoms with Crippen molar-refractivity contribution in [3.63, 3.8) is 0 Å². The summed E-state index contributed by atoms with van der Waals surface area (Å²) in [5, 5.41) is 8.86. The van der Waals surface area contributed by atoms with Crippen LogP contribution >= 0.6 is 0 Å². The van der Waals surface area contributed by atoms with Crippen LogP contribution in [0.15, 0.2) is 24.3 Å². The number of rotatable bonds is 3. The van der Waals surface area contributed by atoms with Gasteiger partial charge in [0.05, 0.1) is 11.6 Å². The molecule has 0 bridgehead atoms. The lowest BCUT2D eigenvalue weighted by molar-refractivity contribution is 0.194. The van der Waals surface area contributed by atoms with Gasteiger partial charge in [0, 0.05) is 24.2 Å². The van der Waals surface area contributed by atoms with E-state index in [0.29, 0.717) is 5.41 Å². The molecule has 0 saturated carbocycles. The maximum absolute atomic E-state index is 8.86. The molecular weight excluding hydrogens is 196 g/mol. The van der Waals surface area contributed by atoms with Crippen molar-refractivity contribution < 1.29 is 0 Å². The first-order valence-electron chi connectivity index (χ1n) is 5.98. The number of hydrogen-bond donors (Lipinski definition) is 0. The monoisotopic (exact) mass is 214 g/mol. The molecule has 1 saturated heterocycles. The van der Waals surface area contributed by atoms with Crippen molar-refractivity contribution in [3.8, 4) is 6.07 Å². The van der Waals surface area contributed by atoms with E-state index in [1.54, 1.807) is 0 Å². The van der Waals surface area contributed by atoms with Gasteiger partial charge in [-0.25, -0.2) is 0 Å². The van der Waals surface area contributed by atoms with E-state index in [4.69, 9.17) is 5.26 Å². The molecule has 0 spiro atoms. The molecule has 1 fully saturated rings. The number of hydrogen-bond acceptors (Lipinski definition) is 2. The standard InChI is InChI=1S/C14H18N2/c1-3-14(4-2)10-16(11-14)13-7-5-6-12(8-13)9-15/h5-8H,3-4,10-11H2,1-2H3. The molecule has 1 aliphatic heterocycles. The lowest BCUT2D eigenvalue weighted by atomic mass is 9.75. The van der Waals surface area contributed by atoms with Gasteiger partial charge in [0.25, 0.3) is 0 Å². The van der Waals surface area contributed by atoms with Crippen LogP contribution in [0.2, 0.25) is 0 Å². The Morgan fingerprint density at radius 3 is 2.56 bits per heavy atom. The minimum Gasteiger partial charge on any atom is -0.370 e. The lowest BCUT2D eigenvalue weighted by Crippen LogP contribution is -2.55. The second-order valence-electron chi connectivity index (χ2n) is 4.73. The Balaban J connectivity index is 2.09. The number of nitriles is 1. The molecule has 0 aliphatic carbocycles. The van der Waals surface area contributed by atoms with Gasteiger partial charge in [-0.15, -0.1) is 0 Å². The largest absolute Gasteiger partial charge is 0.370 e. The zero-order chi connectivity index (χ0) is 11.6. The first-order valence-corrected chi connectivity index (χ1v) is 5.98. The summed E-state index contributed by atoms with van der Waals surface area (Å²) >= 11 is 0. The summed E-state index contributed by atoms with van der Waals surface area (Å²) in [5.74, 6) is 0. The molecule has 1 heterocycles. The predicted octanol–water partition coefficient (Wildman–Crippen LogP) is 3.18. The van der Waals surface area contributed by atoms with Gasteiger partial charge in [0.2, 0.25) is 0 Å². The maximum Gasteiger partial charge on any atom is 0.0992 e. The summed E-state index contributed by atoms with van der Waals surface area (Å²) in [5.41, 5.74) is 2.46. The summed E-state index contributed by atoms with van der Waals surface area (Å²) in [6.45, 7) is 6.81. The van der Waals surface area contributed by atoms with E-state index >= 15 is 0 Å². The average molecular weight is 214 g/mol. The molecule has 0 radical (unpaired) electrons. The van der Waals surface area contributed by atoms with E-state index in [1.165, 1.54) is 18.5 Å². The normalized spacial score (nSPS) is 17.7. The van der Waals surface area contributed by atoms with Crippen molar-refractivity contribution in [1.82, 2.24) is 0 Å². The van der Waals surface area contributed by atoms with Crippen LogP contribution < -0.4 is 4.90 Å². The molecule has 2 rings (SSSR count). The Labute approximate surface area is 97.5 Å². The van der Waals surface area contributed by atoms with Crippen LogP contribution in [0.4, 0.5) is 5.69 Å². The van der Waals surface area contributed by atoms with Crippen molar-refractivity contribution in [2.24, 2.45) is 5.41 Å². The molecule has 1 aliphatic rings. The highest BCUT2D eigenvalue weighted by Crippen LogP contribution is 2.39. The van der Waals surface area contributed by atoms with E-state index in [1.807, 2.05) is 18.2 Å². The second-order valence-corrected chi connectivity index (χ2v) is 4.73. The lowest BCUT2D eigenvalue weighted by Gasteiger charge is -2.51. The number of benzene rings is 1. The Bertz CT molecular complexity index is 405. The van der Waals surface area contributed by atoms with E-state index in [-0.39, 0.29) is 0 Å². The molecule has 0 atom stereocenters. The van der Waals surface area contributed by atoms with Crippen LogP contribution in [0.25, 0.3) is 0 Å². The third kappa shape index (κ3) is 1.78. The fourth-order valence-corrected chi connectivity index (χ4v) is 2.42. The molecule has 0 unspecified atom stereocenters. The molecule has 1 aromatic rings. The van der Waals surface area contributed by atoms with E-state index < -0.39 is 0 Å². The van der Waals surface area contributed by atoms with Gasteiger partial charge in [-0.2, -0.15) is 5.26 Å². The van der Waals surface area contributed by atoms with Gasteiger partial charge in [-0.05, 0) is 31.0 Å². The molecule has 0 amide bonds. The first-order chi connectivity index (χ1) is 7.73. The smallest absolute Gasteiger partial charge is 0.0992 e. The third-order valence-electron chi connectivity index (χ3n) is 3.89. The zero-order valence-electron chi connectivity index (χ0n) is 10.0. The minimum absolute atomic E-state index is 0.517. The molecule has 16 heavy (non-hydrogen) atoms. The van der Waals surface area contributed by atoms with Gasteiger partial charge in [-0.3, -0.25) is 0 Å². The quantitative estimate of drug-likeness (QED) is 0.772. The summed E-state index contributed by atoms with van der Waals surface area (Å²) in [7, 11) is 0. The van der Waals surface area contributed by atoms with Crippen LogP contribution in [0.1, 0.15) is 32.3 Å². The molecule has 2 nitrogen and oxygen atoms in total. The van der Waals surface area contributed by atoms with E-state index in [0.717, 1.165) is 18.7 Å². The summed E-state index contributed by atoms with van der Waals surface area (Å²) < 4.78 is 0. The Morgan fingerprint density at radius 2 is 2.00 bits per heavy atom. The summed E-state index contributed by atoms with van der Waals surface area (Å²) in [6.07, 6.45) is 2.50. The zero-order valence-corrected chi connectivity index (χ0v) is 10.0. The van der Waals surface area contributed by atoms with Gasteiger partial charge < -0.3 is 4.90 Å². The van der Waals surface area contributed by atoms with Crippen LogP contribution in [0.5, 0.6) is 0 Å². The fraction of sp³-hybridized carbons (Fsp3) is 0.500. The van der Waals surface area contributed by atoms with E-state index in [2.05, 4.69) is 30.9 Å². The van der Waals surface area contributed by atoms with Crippen molar-refractivity contribution in [3.05, 3.63) is 29.8 Å². The van der Waals surface area contributed by atoms with Crippen LogP contribution in [-0.4, -0.2) is 13.1 Å². The average Bonchev–Trinajstić information content (AvgIpc) is 2.29. The first kappa shape index (κ1) is 11.0. The highest BCUT2D eigenvalue weighted by atomic mass is 15.2. The van der Waals surface area contributed by atoms with Gasteiger partial charge in [0.15, 0.2) is 0 Å². The molecule has 0 N–H and O–H groups in total. The summed E-state index contributed by atoms with van der Waals surface area (Å²) in [6, 6.07) is 10.1. The summed E-state index contributed by atoms with van der Waals surface area (Å²) in [4.78, 5) is 2.37. The Hall–Kier alpha value is -1.49. The minimum atomic E-state index is 0.517. The Morgan fingerprint density at radius 1 is 1.31 bits per heavy atom. The Kier molecular flexibility index (Phi) is 2.87. The molecule has 0 aromatic heterocycles. The highest BCUT2D eigenvalue weighted by Gasteiger charge is 2.39. The SMILES string of the molecule is CCC1(CC)CN(c2cccc(C#N)c2)C1. The van der Waals surface area contributed by atoms with Crippen LogP contribution in [0.3, 0.4) is 0 Å². The predicted molar refractivity (Wildman–Crippen MR) is 66.4 cm³/mol. The van der Waals surface area contributed by atoms with Gasteiger partial charge >= 0.3 is 0 Å². The number of anilines is 1.